The predicted octanol–water partition coefficient (Wildman–Crippen LogP) is 3.66. The lowest BCUT2D eigenvalue weighted by atomic mass is 10.00. The van der Waals surface area contributed by atoms with Crippen molar-refractivity contribution in [3.63, 3.8) is 0 Å². The SMILES string of the molecule is O=C(O)CN1C(=S)CN=C(c2ccccc2F)c2cc(Br)ccc21. The van der Waals surface area contributed by atoms with Gasteiger partial charge in [0.25, 0.3) is 0 Å². The van der Waals surface area contributed by atoms with Crippen LogP contribution in [0.5, 0.6) is 0 Å². The molecule has 0 unspecified atom stereocenters. The number of halogens is 2. The summed E-state index contributed by atoms with van der Waals surface area (Å²) < 4.78 is 15.1. The highest BCUT2D eigenvalue weighted by molar-refractivity contribution is 9.10. The Morgan fingerprint density at radius 1 is 1.29 bits per heavy atom. The molecule has 1 aliphatic rings. The monoisotopic (exact) mass is 406 g/mol. The summed E-state index contributed by atoms with van der Waals surface area (Å²) >= 11 is 8.73. The summed E-state index contributed by atoms with van der Waals surface area (Å²) in [4.78, 5) is 17.6. The second-order valence-electron chi connectivity index (χ2n) is 5.18. The molecule has 0 amide bonds. The zero-order valence-corrected chi connectivity index (χ0v) is 14.8. The molecular formula is C17H12BrFN2O2S. The van der Waals surface area contributed by atoms with Crippen LogP contribution in [0.4, 0.5) is 10.1 Å². The van der Waals surface area contributed by atoms with Gasteiger partial charge in [0.05, 0.1) is 17.9 Å². The Bertz CT molecular complexity index is 869. The van der Waals surface area contributed by atoms with E-state index in [2.05, 4.69) is 20.9 Å². The molecule has 0 fully saturated rings. The van der Waals surface area contributed by atoms with Crippen LogP contribution in [0.25, 0.3) is 0 Å². The number of nitrogens with zero attached hydrogens (tertiary/aromatic N) is 2. The maximum Gasteiger partial charge on any atom is 0.323 e. The van der Waals surface area contributed by atoms with Crippen molar-refractivity contribution in [2.24, 2.45) is 4.99 Å². The van der Waals surface area contributed by atoms with Crippen molar-refractivity contribution in [2.75, 3.05) is 18.0 Å². The van der Waals surface area contributed by atoms with Gasteiger partial charge in [0, 0.05) is 15.6 Å². The van der Waals surface area contributed by atoms with Gasteiger partial charge in [-0.1, -0.05) is 40.3 Å². The summed E-state index contributed by atoms with van der Waals surface area (Å²) in [5, 5.41) is 9.17. The number of aliphatic imine (C=N–C) groups is 1. The van der Waals surface area contributed by atoms with Gasteiger partial charge in [-0.25, -0.2) is 4.39 Å². The van der Waals surface area contributed by atoms with Crippen molar-refractivity contribution in [3.05, 3.63) is 63.9 Å². The summed E-state index contributed by atoms with van der Waals surface area (Å²) in [5.41, 5.74) is 2.05. The third-order valence-electron chi connectivity index (χ3n) is 3.60. The lowest BCUT2D eigenvalue weighted by Crippen LogP contribution is -2.35. The summed E-state index contributed by atoms with van der Waals surface area (Å²) in [6.45, 7) is -0.147. The fourth-order valence-corrected chi connectivity index (χ4v) is 3.17. The third-order valence-corrected chi connectivity index (χ3v) is 4.44. The molecule has 2 aromatic carbocycles. The number of carbonyl (C=O) groups is 1. The average molecular weight is 407 g/mol. The smallest absolute Gasteiger partial charge is 0.323 e. The molecule has 4 nitrogen and oxygen atoms in total. The molecule has 24 heavy (non-hydrogen) atoms. The van der Waals surface area contributed by atoms with Crippen LogP contribution in [-0.2, 0) is 4.79 Å². The van der Waals surface area contributed by atoms with Crippen molar-refractivity contribution >= 4 is 50.5 Å². The van der Waals surface area contributed by atoms with E-state index in [0.717, 1.165) is 4.47 Å². The maximum absolute atomic E-state index is 14.3. The molecule has 0 atom stereocenters. The molecule has 7 heteroatoms. The predicted molar refractivity (Wildman–Crippen MR) is 98.6 cm³/mol. The van der Waals surface area contributed by atoms with Crippen LogP contribution in [0.15, 0.2) is 51.9 Å². The number of carboxylic acid groups (broad SMARTS) is 1. The first-order valence-electron chi connectivity index (χ1n) is 7.09. The number of anilines is 1. The number of rotatable bonds is 3. The van der Waals surface area contributed by atoms with Gasteiger partial charge in [-0.15, -0.1) is 0 Å². The van der Waals surface area contributed by atoms with Crippen LogP contribution in [0.1, 0.15) is 11.1 Å². The fourth-order valence-electron chi connectivity index (χ4n) is 2.58. The van der Waals surface area contributed by atoms with E-state index < -0.39 is 5.97 Å². The van der Waals surface area contributed by atoms with Gasteiger partial charge in [0.15, 0.2) is 0 Å². The molecule has 3 rings (SSSR count). The molecule has 122 valence electrons. The Morgan fingerprint density at radius 3 is 2.75 bits per heavy atom. The van der Waals surface area contributed by atoms with Crippen LogP contribution in [0.2, 0.25) is 0 Å². The number of thiocarbonyl (C=S) groups is 1. The van der Waals surface area contributed by atoms with E-state index in [0.29, 0.717) is 27.5 Å². The number of hydrogen-bond donors (Lipinski definition) is 1. The van der Waals surface area contributed by atoms with E-state index in [9.17, 15) is 14.3 Å². The fraction of sp³-hybridized carbons (Fsp3) is 0.118. The Morgan fingerprint density at radius 2 is 2.04 bits per heavy atom. The van der Waals surface area contributed by atoms with Gasteiger partial charge in [-0.2, -0.15) is 0 Å². The van der Waals surface area contributed by atoms with Gasteiger partial charge in [-0.3, -0.25) is 9.79 Å². The molecule has 0 saturated carbocycles. The summed E-state index contributed by atoms with van der Waals surface area (Å²) in [6, 6.07) is 11.7. The van der Waals surface area contributed by atoms with Gasteiger partial charge >= 0.3 is 5.97 Å². The second kappa shape index (κ2) is 6.78. The molecule has 2 aromatic rings. The van der Waals surface area contributed by atoms with E-state index >= 15 is 0 Å². The standard InChI is InChI=1S/C17H12BrFN2O2S/c18-10-5-6-14-12(7-10)17(11-3-1-2-4-13(11)19)20-8-15(24)21(14)9-16(22)23/h1-7H,8-9H2,(H,22,23). The zero-order chi connectivity index (χ0) is 17.3. The minimum atomic E-state index is -0.999. The molecular weight excluding hydrogens is 395 g/mol. The minimum absolute atomic E-state index is 0.124. The van der Waals surface area contributed by atoms with E-state index in [1.807, 2.05) is 0 Å². The molecule has 1 aliphatic heterocycles. The second-order valence-corrected chi connectivity index (χ2v) is 6.57. The van der Waals surface area contributed by atoms with Crippen molar-refractivity contribution in [3.8, 4) is 0 Å². The van der Waals surface area contributed by atoms with Crippen LogP contribution in [-0.4, -0.2) is 34.9 Å². The Kier molecular flexibility index (Phi) is 4.73. The maximum atomic E-state index is 14.3. The third kappa shape index (κ3) is 3.22. The normalized spacial score (nSPS) is 14.0. The highest BCUT2D eigenvalue weighted by Crippen LogP contribution is 2.30. The summed E-state index contributed by atoms with van der Waals surface area (Å²) in [6.07, 6.45) is 0. The number of fused-ring (bicyclic) bond motifs is 1. The van der Waals surface area contributed by atoms with E-state index in [1.54, 1.807) is 36.4 Å². The number of carboxylic acids is 1. The first-order valence-corrected chi connectivity index (χ1v) is 8.29. The van der Waals surface area contributed by atoms with Crippen LogP contribution < -0.4 is 4.90 Å². The topological polar surface area (TPSA) is 52.9 Å². The Labute approximate surface area is 151 Å². The van der Waals surface area contributed by atoms with Gasteiger partial charge in [0.1, 0.15) is 17.4 Å². The van der Waals surface area contributed by atoms with E-state index in [1.165, 1.54) is 11.0 Å². The lowest BCUT2D eigenvalue weighted by Gasteiger charge is -2.23. The largest absolute Gasteiger partial charge is 0.480 e. The number of hydrogen-bond acceptors (Lipinski definition) is 3. The average Bonchev–Trinajstić information content (AvgIpc) is 2.66. The van der Waals surface area contributed by atoms with Crippen molar-refractivity contribution in [2.45, 2.75) is 0 Å². The molecule has 0 aliphatic carbocycles. The summed E-state index contributed by atoms with van der Waals surface area (Å²) in [5.74, 6) is -1.39. The van der Waals surface area contributed by atoms with Crippen LogP contribution in [0, 0.1) is 5.82 Å². The molecule has 0 saturated heterocycles. The van der Waals surface area contributed by atoms with Gasteiger partial charge < -0.3 is 10.0 Å². The highest BCUT2D eigenvalue weighted by Gasteiger charge is 2.25. The molecule has 0 aromatic heterocycles. The minimum Gasteiger partial charge on any atom is -0.480 e. The first-order chi connectivity index (χ1) is 11.5. The van der Waals surface area contributed by atoms with Crippen LogP contribution in [0.3, 0.4) is 0 Å². The van der Waals surface area contributed by atoms with E-state index in [-0.39, 0.29) is 18.9 Å². The zero-order valence-electron chi connectivity index (χ0n) is 12.4. The molecule has 1 heterocycles. The number of benzene rings is 2. The number of aliphatic carboxylic acids is 1. The number of benzodiazepines with no additional fused rings is 1. The van der Waals surface area contributed by atoms with Gasteiger partial charge in [0.2, 0.25) is 0 Å². The Balaban J connectivity index is 2.21. The van der Waals surface area contributed by atoms with Crippen molar-refractivity contribution in [1.82, 2.24) is 0 Å². The Hall–Kier alpha value is -2.12. The van der Waals surface area contributed by atoms with Crippen LogP contribution >= 0.6 is 28.1 Å². The van der Waals surface area contributed by atoms with Crippen molar-refractivity contribution in [1.29, 1.82) is 0 Å². The first kappa shape index (κ1) is 16.7. The summed E-state index contributed by atoms with van der Waals surface area (Å²) in [7, 11) is 0. The quantitative estimate of drug-likeness (QED) is 0.790. The van der Waals surface area contributed by atoms with Crippen molar-refractivity contribution < 1.29 is 14.3 Å². The highest BCUT2D eigenvalue weighted by atomic mass is 79.9. The van der Waals surface area contributed by atoms with Gasteiger partial charge in [-0.05, 0) is 30.3 Å². The molecule has 1 N–H and O–H groups in total. The van der Waals surface area contributed by atoms with E-state index in [4.69, 9.17) is 12.2 Å². The molecule has 0 radical (unpaired) electrons. The lowest BCUT2D eigenvalue weighted by molar-refractivity contribution is -0.135. The molecule has 0 bridgehead atoms. The molecule has 0 spiro atoms.